The number of alkyl halides is 1. The van der Waals surface area contributed by atoms with Crippen LogP contribution in [-0.2, 0) is 4.74 Å². The zero-order valence-electron chi connectivity index (χ0n) is 19.1. The molecule has 0 atom stereocenters. The van der Waals surface area contributed by atoms with Gasteiger partial charge in [0.25, 0.3) is 0 Å². The Kier molecular flexibility index (Phi) is 8.18. The predicted octanol–water partition coefficient (Wildman–Crippen LogP) is 5.29. The van der Waals surface area contributed by atoms with Crippen molar-refractivity contribution in [3.63, 3.8) is 0 Å². The molecule has 2 heterocycles. The summed E-state index contributed by atoms with van der Waals surface area (Å²) in [6, 6.07) is 7.69. The molecule has 0 aliphatic carbocycles. The Balaban J connectivity index is 1.50. The molecule has 5 nitrogen and oxygen atoms in total. The minimum absolute atomic E-state index is 0.161. The number of methoxy groups -OCH3 is 1. The van der Waals surface area contributed by atoms with Gasteiger partial charge in [0.2, 0.25) is 5.88 Å². The highest BCUT2D eigenvalue weighted by Gasteiger charge is 2.30. The van der Waals surface area contributed by atoms with Crippen LogP contribution in [0.4, 0.5) is 8.78 Å². The smallest absolute Gasteiger partial charge is 0.337 e. The van der Waals surface area contributed by atoms with Gasteiger partial charge in [-0.05, 0) is 62.9 Å². The number of ether oxygens (including phenoxy) is 2. The van der Waals surface area contributed by atoms with Crippen molar-refractivity contribution in [1.29, 1.82) is 0 Å². The Morgan fingerprint density at radius 1 is 1.19 bits per heavy atom. The Bertz CT molecular complexity index is 893. The first kappa shape index (κ1) is 24.1. The standard InChI is InChI=1S/C25H32F2N2O3/c1-4-25(27,5-2)17-29-12-10-18(11-13-29)16-32-23-9-7-20(15-28-23)21-8-6-19(14-22(21)26)24(30)31-3/h6-9,14-15,18H,4-5,10-13,16-17H2,1-3H3. The van der Waals surface area contributed by atoms with E-state index in [1.165, 1.54) is 19.2 Å². The van der Waals surface area contributed by atoms with Crippen LogP contribution in [0.25, 0.3) is 11.1 Å². The maximum Gasteiger partial charge on any atom is 0.337 e. The van der Waals surface area contributed by atoms with E-state index in [0.29, 0.717) is 48.9 Å². The van der Waals surface area contributed by atoms with E-state index in [-0.39, 0.29) is 5.56 Å². The molecule has 1 aromatic carbocycles. The number of benzene rings is 1. The maximum absolute atomic E-state index is 14.6. The van der Waals surface area contributed by atoms with Crippen LogP contribution < -0.4 is 4.74 Å². The zero-order valence-corrected chi connectivity index (χ0v) is 19.1. The number of esters is 1. The Labute approximate surface area is 188 Å². The number of carbonyl (C=O) groups is 1. The van der Waals surface area contributed by atoms with Gasteiger partial charge in [-0.1, -0.05) is 19.9 Å². The molecule has 0 N–H and O–H groups in total. The summed E-state index contributed by atoms with van der Waals surface area (Å²) in [5.41, 5.74) is 0.0243. The number of nitrogens with zero attached hydrogens (tertiary/aromatic N) is 2. The van der Waals surface area contributed by atoms with E-state index < -0.39 is 17.5 Å². The minimum atomic E-state index is -1.09. The second-order valence-corrected chi connectivity index (χ2v) is 8.46. The molecule has 174 valence electrons. The summed E-state index contributed by atoms with van der Waals surface area (Å²) < 4.78 is 39.5. The number of carbonyl (C=O) groups excluding carboxylic acids is 1. The highest BCUT2D eigenvalue weighted by molar-refractivity contribution is 5.90. The van der Waals surface area contributed by atoms with Crippen LogP contribution in [0.2, 0.25) is 0 Å². The van der Waals surface area contributed by atoms with Gasteiger partial charge >= 0.3 is 5.97 Å². The largest absolute Gasteiger partial charge is 0.477 e. The van der Waals surface area contributed by atoms with Crippen LogP contribution in [0.1, 0.15) is 49.9 Å². The number of hydrogen-bond acceptors (Lipinski definition) is 5. The molecule has 3 rings (SSSR count). The molecule has 7 heteroatoms. The normalized spacial score (nSPS) is 15.5. The van der Waals surface area contributed by atoms with E-state index in [2.05, 4.69) is 14.6 Å². The van der Waals surface area contributed by atoms with Crippen molar-refractivity contribution in [1.82, 2.24) is 9.88 Å². The SMILES string of the molecule is CCC(F)(CC)CN1CCC(COc2ccc(-c3ccc(C(=O)OC)cc3F)cn2)CC1. The fourth-order valence-corrected chi connectivity index (χ4v) is 4.01. The van der Waals surface area contributed by atoms with Gasteiger partial charge in [-0.3, -0.25) is 0 Å². The number of pyridine rings is 1. The number of hydrogen-bond donors (Lipinski definition) is 0. The van der Waals surface area contributed by atoms with Crippen LogP contribution in [0, 0.1) is 11.7 Å². The molecule has 0 unspecified atom stereocenters. The summed E-state index contributed by atoms with van der Waals surface area (Å²) in [4.78, 5) is 18.0. The number of aromatic nitrogens is 1. The molecule has 0 saturated carbocycles. The molecule has 2 aromatic rings. The molecule has 0 bridgehead atoms. The minimum Gasteiger partial charge on any atom is -0.477 e. The first-order valence-electron chi connectivity index (χ1n) is 11.3. The van der Waals surface area contributed by atoms with Crippen LogP contribution >= 0.6 is 0 Å². The molecular formula is C25H32F2N2O3. The molecular weight excluding hydrogens is 414 g/mol. The Morgan fingerprint density at radius 3 is 2.47 bits per heavy atom. The lowest BCUT2D eigenvalue weighted by Gasteiger charge is -2.36. The average Bonchev–Trinajstić information content (AvgIpc) is 2.83. The van der Waals surface area contributed by atoms with E-state index in [0.717, 1.165) is 32.0 Å². The van der Waals surface area contributed by atoms with Crippen molar-refractivity contribution in [3.8, 4) is 17.0 Å². The molecule has 0 spiro atoms. The van der Waals surface area contributed by atoms with Crippen molar-refractivity contribution in [2.75, 3.05) is 33.4 Å². The number of piperidine rings is 1. The van der Waals surface area contributed by atoms with Crippen LogP contribution in [-0.4, -0.2) is 54.9 Å². The topological polar surface area (TPSA) is 51.7 Å². The molecule has 1 saturated heterocycles. The van der Waals surface area contributed by atoms with Gasteiger partial charge in [0, 0.05) is 29.9 Å². The van der Waals surface area contributed by atoms with E-state index in [1.807, 2.05) is 13.8 Å². The molecule has 1 fully saturated rings. The summed E-state index contributed by atoms with van der Waals surface area (Å²) in [7, 11) is 1.26. The maximum atomic E-state index is 14.6. The van der Waals surface area contributed by atoms with E-state index in [4.69, 9.17) is 4.74 Å². The fraction of sp³-hybridized carbons (Fsp3) is 0.520. The molecule has 1 aromatic heterocycles. The molecule has 0 radical (unpaired) electrons. The summed E-state index contributed by atoms with van der Waals surface area (Å²) in [5.74, 6) is -0.197. The highest BCUT2D eigenvalue weighted by Crippen LogP contribution is 2.27. The third-order valence-corrected chi connectivity index (χ3v) is 6.39. The second-order valence-electron chi connectivity index (χ2n) is 8.46. The lowest BCUT2D eigenvalue weighted by atomic mass is 9.94. The van der Waals surface area contributed by atoms with E-state index >= 15 is 0 Å². The van der Waals surface area contributed by atoms with Crippen molar-refractivity contribution in [2.24, 2.45) is 5.92 Å². The van der Waals surface area contributed by atoms with Gasteiger partial charge in [0.15, 0.2) is 0 Å². The molecule has 0 amide bonds. The monoisotopic (exact) mass is 446 g/mol. The van der Waals surface area contributed by atoms with Crippen molar-refractivity contribution in [3.05, 3.63) is 47.9 Å². The second kappa shape index (κ2) is 10.9. The third kappa shape index (κ3) is 6.03. The zero-order chi connectivity index (χ0) is 23.1. The van der Waals surface area contributed by atoms with Gasteiger partial charge < -0.3 is 14.4 Å². The quantitative estimate of drug-likeness (QED) is 0.490. The first-order valence-corrected chi connectivity index (χ1v) is 11.3. The number of likely N-dealkylation sites (tertiary alicyclic amines) is 1. The van der Waals surface area contributed by atoms with Gasteiger partial charge in [-0.2, -0.15) is 0 Å². The molecule has 1 aliphatic heterocycles. The van der Waals surface area contributed by atoms with Crippen LogP contribution in [0.5, 0.6) is 5.88 Å². The third-order valence-electron chi connectivity index (χ3n) is 6.39. The molecule has 1 aliphatic rings. The highest BCUT2D eigenvalue weighted by atomic mass is 19.1. The van der Waals surface area contributed by atoms with Gasteiger partial charge in [0.05, 0.1) is 19.3 Å². The van der Waals surface area contributed by atoms with Crippen molar-refractivity contribution < 1.29 is 23.0 Å². The Hall–Kier alpha value is -2.54. The molecule has 32 heavy (non-hydrogen) atoms. The predicted molar refractivity (Wildman–Crippen MR) is 120 cm³/mol. The lowest BCUT2D eigenvalue weighted by Crippen LogP contribution is -2.44. The lowest BCUT2D eigenvalue weighted by molar-refractivity contribution is 0.0564. The number of rotatable bonds is 9. The number of halogens is 2. The van der Waals surface area contributed by atoms with Crippen LogP contribution in [0.15, 0.2) is 36.5 Å². The van der Waals surface area contributed by atoms with Gasteiger partial charge in [-0.15, -0.1) is 0 Å². The first-order chi connectivity index (χ1) is 15.4. The fourth-order valence-electron chi connectivity index (χ4n) is 4.01. The summed E-state index contributed by atoms with van der Waals surface area (Å²) >= 11 is 0. The Morgan fingerprint density at radius 2 is 1.91 bits per heavy atom. The summed E-state index contributed by atoms with van der Waals surface area (Å²) in [5, 5.41) is 0. The van der Waals surface area contributed by atoms with Gasteiger partial charge in [-0.25, -0.2) is 18.6 Å². The summed E-state index contributed by atoms with van der Waals surface area (Å²) in [6.07, 6.45) is 4.60. The van der Waals surface area contributed by atoms with Crippen molar-refractivity contribution >= 4 is 5.97 Å². The van der Waals surface area contributed by atoms with Crippen LogP contribution in [0.3, 0.4) is 0 Å². The summed E-state index contributed by atoms with van der Waals surface area (Å²) in [6.45, 7) is 6.65. The van der Waals surface area contributed by atoms with E-state index in [1.54, 1.807) is 18.3 Å². The van der Waals surface area contributed by atoms with E-state index in [9.17, 15) is 13.6 Å². The van der Waals surface area contributed by atoms with Crippen molar-refractivity contribution in [2.45, 2.75) is 45.2 Å². The van der Waals surface area contributed by atoms with Gasteiger partial charge in [0.1, 0.15) is 11.5 Å². The average molecular weight is 447 g/mol.